The van der Waals surface area contributed by atoms with Gasteiger partial charge in [0.1, 0.15) is 6.10 Å². The molecule has 0 heterocycles. The Bertz CT molecular complexity index is 332. The van der Waals surface area contributed by atoms with Gasteiger partial charge in [-0.1, -0.05) is 13.8 Å². The van der Waals surface area contributed by atoms with Crippen molar-refractivity contribution in [3.05, 3.63) is 0 Å². The number of carbonyl (C=O) groups excluding carboxylic acids is 1. The number of amides is 1. The maximum atomic E-state index is 12.0. The van der Waals surface area contributed by atoms with E-state index in [-0.39, 0.29) is 0 Å². The Morgan fingerprint density at radius 2 is 1.88 bits per heavy atom. The summed E-state index contributed by atoms with van der Waals surface area (Å²) in [6, 6.07) is 0. The summed E-state index contributed by atoms with van der Waals surface area (Å²) in [5.74, 6) is -3.22. The predicted molar refractivity (Wildman–Crippen MR) is 53.4 cm³/mol. The highest BCUT2D eigenvalue weighted by molar-refractivity contribution is 5.91. The Kier molecular flexibility index (Phi) is 3.71. The molecule has 0 aliphatic heterocycles. The molecule has 1 fully saturated rings. The van der Waals surface area contributed by atoms with Gasteiger partial charge in [0, 0.05) is 6.54 Å². The molecule has 3 N–H and O–H groups in total. The van der Waals surface area contributed by atoms with E-state index in [0.29, 0.717) is 0 Å². The van der Waals surface area contributed by atoms with E-state index in [4.69, 9.17) is 10.2 Å². The summed E-state index contributed by atoms with van der Waals surface area (Å²) < 4.78 is 23.9. The van der Waals surface area contributed by atoms with E-state index in [9.17, 15) is 18.4 Å². The number of aliphatic hydroxyl groups excluding tert-OH is 1. The molecule has 0 aromatic rings. The molecule has 98 valence electrons. The number of rotatable bonds is 5. The Morgan fingerprint density at radius 1 is 1.35 bits per heavy atom. The largest absolute Gasteiger partial charge is 0.481 e. The fraction of sp³-hybridized carbons (Fsp3) is 0.800. The molecular weight excluding hydrogens is 236 g/mol. The zero-order valence-corrected chi connectivity index (χ0v) is 9.48. The van der Waals surface area contributed by atoms with Crippen LogP contribution in [0.5, 0.6) is 0 Å². The van der Waals surface area contributed by atoms with Gasteiger partial charge >= 0.3 is 5.97 Å². The first-order valence-corrected chi connectivity index (χ1v) is 5.16. The lowest BCUT2D eigenvalue weighted by Gasteiger charge is -2.11. The van der Waals surface area contributed by atoms with E-state index < -0.39 is 48.2 Å². The van der Waals surface area contributed by atoms with Crippen molar-refractivity contribution in [1.82, 2.24) is 5.32 Å². The van der Waals surface area contributed by atoms with E-state index in [1.54, 1.807) is 13.8 Å². The van der Waals surface area contributed by atoms with Crippen molar-refractivity contribution in [3.63, 3.8) is 0 Å². The number of aliphatic hydroxyl groups is 1. The Balaban J connectivity index is 2.48. The van der Waals surface area contributed by atoms with E-state index in [1.807, 2.05) is 0 Å². The number of carboxylic acid groups (broad SMARTS) is 1. The first-order chi connectivity index (χ1) is 7.69. The quantitative estimate of drug-likeness (QED) is 0.646. The molecule has 7 heteroatoms. The van der Waals surface area contributed by atoms with Crippen LogP contribution in [-0.2, 0) is 9.59 Å². The van der Waals surface area contributed by atoms with Crippen LogP contribution in [0.3, 0.4) is 0 Å². The minimum atomic E-state index is -2.93. The lowest BCUT2D eigenvalue weighted by Crippen LogP contribution is -2.37. The number of aliphatic carboxylic acids is 1. The monoisotopic (exact) mass is 251 g/mol. The van der Waals surface area contributed by atoms with Gasteiger partial charge in [-0.2, -0.15) is 0 Å². The first-order valence-electron chi connectivity index (χ1n) is 5.16. The van der Waals surface area contributed by atoms with Gasteiger partial charge in [0.15, 0.2) is 0 Å². The van der Waals surface area contributed by atoms with Gasteiger partial charge in [0.25, 0.3) is 6.43 Å². The SMILES string of the molecule is CC1(C)C(C(=O)O)C1C(=O)NCC(O)C(F)F. The maximum Gasteiger partial charge on any atom is 0.307 e. The van der Waals surface area contributed by atoms with E-state index in [0.717, 1.165) is 0 Å². The fourth-order valence-corrected chi connectivity index (χ4v) is 1.99. The summed E-state index contributed by atoms with van der Waals surface area (Å²) >= 11 is 0. The Labute approximate surface area is 96.8 Å². The lowest BCUT2D eigenvalue weighted by atomic mass is 10.1. The number of hydrogen-bond donors (Lipinski definition) is 3. The number of hydrogen-bond acceptors (Lipinski definition) is 3. The topological polar surface area (TPSA) is 86.6 Å². The van der Waals surface area contributed by atoms with E-state index in [1.165, 1.54) is 0 Å². The van der Waals surface area contributed by atoms with Gasteiger partial charge in [-0.05, 0) is 5.41 Å². The molecule has 0 radical (unpaired) electrons. The molecule has 5 nitrogen and oxygen atoms in total. The molecule has 0 spiro atoms. The minimum absolute atomic E-state index is 0.574. The first kappa shape index (κ1) is 13.8. The highest BCUT2D eigenvalue weighted by Crippen LogP contribution is 2.58. The van der Waals surface area contributed by atoms with Crippen molar-refractivity contribution >= 4 is 11.9 Å². The Morgan fingerprint density at radius 3 is 2.24 bits per heavy atom. The van der Waals surface area contributed by atoms with Crippen molar-refractivity contribution in [3.8, 4) is 0 Å². The molecule has 1 aliphatic carbocycles. The van der Waals surface area contributed by atoms with E-state index >= 15 is 0 Å². The van der Waals surface area contributed by atoms with Crippen LogP contribution < -0.4 is 5.32 Å². The highest BCUT2D eigenvalue weighted by Gasteiger charge is 2.65. The van der Waals surface area contributed by atoms with Crippen LogP contribution in [0, 0.1) is 17.3 Å². The van der Waals surface area contributed by atoms with Gasteiger partial charge in [0.2, 0.25) is 5.91 Å². The molecular formula is C10H15F2NO4. The third kappa shape index (κ3) is 2.71. The fourth-order valence-electron chi connectivity index (χ4n) is 1.99. The van der Waals surface area contributed by atoms with Crippen molar-refractivity contribution < 1.29 is 28.6 Å². The third-order valence-electron chi connectivity index (χ3n) is 3.15. The van der Waals surface area contributed by atoms with Crippen molar-refractivity contribution in [2.75, 3.05) is 6.54 Å². The second-order valence-corrected chi connectivity index (χ2v) is 4.76. The molecule has 0 saturated heterocycles. The van der Waals surface area contributed by atoms with Crippen molar-refractivity contribution in [1.29, 1.82) is 0 Å². The molecule has 0 bridgehead atoms. The molecule has 0 aromatic carbocycles. The average molecular weight is 251 g/mol. The Hall–Kier alpha value is -1.24. The van der Waals surface area contributed by atoms with Crippen LogP contribution in [0.1, 0.15) is 13.8 Å². The summed E-state index contributed by atoms with van der Waals surface area (Å²) in [7, 11) is 0. The normalized spacial score (nSPS) is 27.6. The number of carboxylic acids is 1. The molecule has 0 aromatic heterocycles. The second-order valence-electron chi connectivity index (χ2n) is 4.76. The minimum Gasteiger partial charge on any atom is -0.481 e. The molecule has 1 amide bonds. The number of alkyl halides is 2. The van der Waals surface area contributed by atoms with Crippen LogP contribution in [0.2, 0.25) is 0 Å². The predicted octanol–water partition coefficient (Wildman–Crippen LogP) is 0.0854. The van der Waals surface area contributed by atoms with Gasteiger partial charge in [-0.3, -0.25) is 9.59 Å². The van der Waals surface area contributed by atoms with Gasteiger partial charge < -0.3 is 15.5 Å². The van der Waals surface area contributed by atoms with Gasteiger partial charge in [-0.15, -0.1) is 0 Å². The standard InChI is InChI=1S/C10H15F2NO4/c1-10(2)5(6(10)9(16)17)8(15)13-3-4(14)7(11)12/h4-7,14H,3H2,1-2H3,(H,13,15)(H,16,17). The van der Waals surface area contributed by atoms with Crippen LogP contribution in [-0.4, -0.2) is 41.2 Å². The van der Waals surface area contributed by atoms with Crippen LogP contribution in [0.15, 0.2) is 0 Å². The van der Waals surface area contributed by atoms with Gasteiger partial charge in [0.05, 0.1) is 11.8 Å². The third-order valence-corrected chi connectivity index (χ3v) is 3.15. The maximum absolute atomic E-state index is 12.0. The van der Waals surface area contributed by atoms with Crippen molar-refractivity contribution in [2.45, 2.75) is 26.4 Å². The molecule has 17 heavy (non-hydrogen) atoms. The number of nitrogens with one attached hydrogen (secondary N) is 1. The highest BCUT2D eigenvalue weighted by atomic mass is 19.3. The zero-order valence-electron chi connectivity index (χ0n) is 9.48. The number of halogens is 2. The van der Waals surface area contributed by atoms with Crippen LogP contribution >= 0.6 is 0 Å². The summed E-state index contributed by atoms with van der Waals surface area (Å²) in [4.78, 5) is 22.3. The summed E-state index contributed by atoms with van der Waals surface area (Å²) in [6.45, 7) is 2.68. The van der Waals surface area contributed by atoms with Crippen molar-refractivity contribution in [2.24, 2.45) is 17.3 Å². The second kappa shape index (κ2) is 4.56. The summed E-state index contributed by atoms with van der Waals surface area (Å²) in [5.41, 5.74) is -0.675. The summed E-state index contributed by atoms with van der Waals surface area (Å²) in [5, 5.41) is 19.8. The molecule has 1 aliphatic rings. The van der Waals surface area contributed by atoms with Gasteiger partial charge in [-0.25, -0.2) is 8.78 Å². The molecule has 3 atom stereocenters. The molecule has 1 rings (SSSR count). The molecule has 1 saturated carbocycles. The van der Waals surface area contributed by atoms with E-state index in [2.05, 4.69) is 5.32 Å². The smallest absolute Gasteiger partial charge is 0.307 e. The molecule has 3 unspecified atom stereocenters. The summed E-state index contributed by atoms with van der Waals surface area (Å²) in [6.07, 6.45) is -4.86. The van der Waals surface area contributed by atoms with Crippen LogP contribution in [0.4, 0.5) is 8.78 Å². The number of carbonyl (C=O) groups is 2. The zero-order chi connectivity index (χ0) is 13.4. The lowest BCUT2D eigenvalue weighted by molar-refractivity contribution is -0.140. The average Bonchev–Trinajstić information content (AvgIpc) is 2.77. The van der Waals surface area contributed by atoms with Crippen LogP contribution in [0.25, 0.3) is 0 Å².